The summed E-state index contributed by atoms with van der Waals surface area (Å²) >= 11 is 0. The molecule has 0 aromatic heterocycles. The Balaban J connectivity index is 1.99. The molecule has 0 radical (unpaired) electrons. The second kappa shape index (κ2) is 4.84. The van der Waals surface area contributed by atoms with Gasteiger partial charge in [-0.25, -0.2) is 0 Å². The maximum Gasteiger partial charge on any atom is 0.129 e. The van der Waals surface area contributed by atoms with Gasteiger partial charge in [-0.05, 0) is 38.6 Å². The lowest BCUT2D eigenvalue weighted by Gasteiger charge is -2.41. The predicted octanol–water partition coefficient (Wildman–Crippen LogP) is 1.71. The molecule has 0 N–H and O–H groups in total. The van der Waals surface area contributed by atoms with Crippen LogP contribution in [0.2, 0.25) is 0 Å². The normalized spacial score (nSPS) is 41.1. The highest BCUT2D eigenvalue weighted by molar-refractivity contribution is 5.60. The maximum absolute atomic E-state index is 11.3. The van der Waals surface area contributed by atoms with Crippen LogP contribution in [-0.2, 0) is 9.53 Å². The highest BCUT2D eigenvalue weighted by Crippen LogP contribution is 2.31. The van der Waals surface area contributed by atoms with Crippen molar-refractivity contribution >= 4 is 6.29 Å². The molecular formula is C13H23NO2. The van der Waals surface area contributed by atoms with Crippen molar-refractivity contribution in [3.63, 3.8) is 0 Å². The zero-order valence-electron chi connectivity index (χ0n) is 10.4. The molecule has 0 aromatic rings. The minimum absolute atomic E-state index is 0.217. The molecule has 2 aliphatic heterocycles. The minimum atomic E-state index is -0.217. The van der Waals surface area contributed by atoms with E-state index in [0.29, 0.717) is 12.6 Å². The van der Waals surface area contributed by atoms with E-state index in [4.69, 9.17) is 4.74 Å². The fourth-order valence-corrected chi connectivity index (χ4v) is 2.93. The summed E-state index contributed by atoms with van der Waals surface area (Å²) in [5.41, 5.74) is -0.217. The maximum atomic E-state index is 11.3. The van der Waals surface area contributed by atoms with Gasteiger partial charge in [-0.2, -0.15) is 0 Å². The molecule has 3 heteroatoms. The summed E-state index contributed by atoms with van der Waals surface area (Å²) < 4.78 is 5.40. The van der Waals surface area contributed by atoms with Crippen molar-refractivity contribution in [3.05, 3.63) is 0 Å². The molecule has 2 saturated heterocycles. The molecule has 92 valence electrons. The number of ether oxygens (including phenoxy) is 1. The standard InChI is InChI=1S/C13H23NO2/c1-11-4-3-6-14(12(11)2)8-13(9-15)5-7-16-10-13/h9,11-12H,3-8,10H2,1-2H3. The van der Waals surface area contributed by atoms with E-state index in [1.807, 2.05) is 0 Å². The van der Waals surface area contributed by atoms with E-state index in [1.165, 1.54) is 12.8 Å². The van der Waals surface area contributed by atoms with Crippen LogP contribution >= 0.6 is 0 Å². The summed E-state index contributed by atoms with van der Waals surface area (Å²) in [5.74, 6) is 0.750. The Morgan fingerprint density at radius 2 is 2.31 bits per heavy atom. The lowest BCUT2D eigenvalue weighted by Crippen LogP contribution is -2.48. The Labute approximate surface area is 98.1 Å². The van der Waals surface area contributed by atoms with Gasteiger partial charge < -0.3 is 9.53 Å². The second-order valence-electron chi connectivity index (χ2n) is 5.61. The minimum Gasteiger partial charge on any atom is -0.380 e. The summed E-state index contributed by atoms with van der Waals surface area (Å²) in [5, 5.41) is 0. The van der Waals surface area contributed by atoms with Gasteiger partial charge in [0.15, 0.2) is 0 Å². The van der Waals surface area contributed by atoms with E-state index >= 15 is 0 Å². The first kappa shape index (κ1) is 12.1. The largest absolute Gasteiger partial charge is 0.380 e. The van der Waals surface area contributed by atoms with E-state index in [9.17, 15) is 4.79 Å². The third kappa shape index (κ3) is 2.30. The Bertz CT molecular complexity index is 248. The van der Waals surface area contributed by atoms with Crippen LogP contribution in [0.25, 0.3) is 0 Å². The van der Waals surface area contributed by atoms with Gasteiger partial charge in [0.1, 0.15) is 6.29 Å². The third-order valence-electron chi connectivity index (χ3n) is 4.41. The Hall–Kier alpha value is -0.410. The molecule has 3 unspecified atom stereocenters. The first-order valence-electron chi connectivity index (χ1n) is 6.45. The molecule has 2 rings (SSSR count). The first-order chi connectivity index (χ1) is 7.67. The van der Waals surface area contributed by atoms with E-state index in [2.05, 4.69) is 18.7 Å². The predicted molar refractivity (Wildman–Crippen MR) is 63.4 cm³/mol. The quantitative estimate of drug-likeness (QED) is 0.685. The second-order valence-corrected chi connectivity index (χ2v) is 5.61. The van der Waals surface area contributed by atoms with Crippen LogP contribution in [0.1, 0.15) is 33.1 Å². The van der Waals surface area contributed by atoms with Crippen LogP contribution in [0.4, 0.5) is 0 Å². The molecule has 2 heterocycles. The first-order valence-corrected chi connectivity index (χ1v) is 6.45. The van der Waals surface area contributed by atoms with Crippen molar-refractivity contribution in [2.24, 2.45) is 11.3 Å². The number of rotatable bonds is 3. The van der Waals surface area contributed by atoms with Gasteiger partial charge >= 0.3 is 0 Å². The van der Waals surface area contributed by atoms with E-state index in [0.717, 1.165) is 38.3 Å². The average Bonchev–Trinajstić information content (AvgIpc) is 2.74. The fourth-order valence-electron chi connectivity index (χ4n) is 2.93. The number of hydrogen-bond donors (Lipinski definition) is 0. The molecule has 0 aromatic carbocycles. The third-order valence-corrected chi connectivity index (χ3v) is 4.41. The molecule has 16 heavy (non-hydrogen) atoms. The van der Waals surface area contributed by atoms with Gasteiger partial charge in [0, 0.05) is 19.2 Å². The number of aldehydes is 1. The van der Waals surface area contributed by atoms with Crippen LogP contribution in [0.5, 0.6) is 0 Å². The number of nitrogens with zero attached hydrogens (tertiary/aromatic N) is 1. The Kier molecular flexibility index (Phi) is 3.65. The lowest BCUT2D eigenvalue weighted by atomic mass is 9.85. The molecule has 3 nitrogen and oxygen atoms in total. The molecule has 2 fully saturated rings. The van der Waals surface area contributed by atoms with Gasteiger partial charge in [0.05, 0.1) is 12.0 Å². The number of likely N-dealkylation sites (tertiary alicyclic amines) is 1. The van der Waals surface area contributed by atoms with Gasteiger partial charge in [0.2, 0.25) is 0 Å². The van der Waals surface area contributed by atoms with Crippen molar-refractivity contribution < 1.29 is 9.53 Å². The van der Waals surface area contributed by atoms with Crippen LogP contribution in [0.3, 0.4) is 0 Å². The zero-order chi connectivity index (χ0) is 11.6. The summed E-state index contributed by atoms with van der Waals surface area (Å²) in [6, 6.07) is 0.603. The van der Waals surface area contributed by atoms with Crippen molar-refractivity contribution in [1.82, 2.24) is 4.90 Å². The Morgan fingerprint density at radius 1 is 1.50 bits per heavy atom. The fraction of sp³-hybridized carbons (Fsp3) is 0.923. The molecular weight excluding hydrogens is 202 g/mol. The van der Waals surface area contributed by atoms with Crippen LogP contribution < -0.4 is 0 Å². The SMILES string of the molecule is CC1CCCN(CC2(C=O)CCOC2)C1C. The van der Waals surface area contributed by atoms with Crippen LogP contribution in [0, 0.1) is 11.3 Å². The molecule has 0 amide bonds. The van der Waals surface area contributed by atoms with E-state index < -0.39 is 0 Å². The highest BCUT2D eigenvalue weighted by Gasteiger charge is 2.38. The van der Waals surface area contributed by atoms with Crippen molar-refractivity contribution in [1.29, 1.82) is 0 Å². The summed E-state index contributed by atoms with van der Waals surface area (Å²) in [4.78, 5) is 13.8. The smallest absolute Gasteiger partial charge is 0.129 e. The lowest BCUT2D eigenvalue weighted by molar-refractivity contribution is -0.118. The van der Waals surface area contributed by atoms with Crippen molar-refractivity contribution in [2.75, 3.05) is 26.3 Å². The molecule has 2 aliphatic rings. The van der Waals surface area contributed by atoms with Crippen molar-refractivity contribution in [2.45, 2.75) is 39.2 Å². The number of carbonyl (C=O) groups is 1. The van der Waals surface area contributed by atoms with Crippen LogP contribution in [0.15, 0.2) is 0 Å². The highest BCUT2D eigenvalue weighted by atomic mass is 16.5. The topological polar surface area (TPSA) is 29.5 Å². The van der Waals surface area contributed by atoms with E-state index in [1.54, 1.807) is 0 Å². The summed E-state index contributed by atoms with van der Waals surface area (Å²) in [6.45, 7) is 8.00. The summed E-state index contributed by atoms with van der Waals surface area (Å²) in [7, 11) is 0. The zero-order valence-corrected chi connectivity index (χ0v) is 10.4. The molecule has 0 bridgehead atoms. The number of carbonyl (C=O) groups excluding carboxylic acids is 1. The van der Waals surface area contributed by atoms with Gasteiger partial charge in [0.25, 0.3) is 0 Å². The number of piperidine rings is 1. The number of hydrogen-bond acceptors (Lipinski definition) is 3. The molecule has 0 saturated carbocycles. The van der Waals surface area contributed by atoms with Crippen molar-refractivity contribution in [3.8, 4) is 0 Å². The Morgan fingerprint density at radius 3 is 2.94 bits per heavy atom. The van der Waals surface area contributed by atoms with E-state index in [-0.39, 0.29) is 5.41 Å². The molecule has 0 spiro atoms. The van der Waals surface area contributed by atoms with Gasteiger partial charge in [-0.3, -0.25) is 4.90 Å². The van der Waals surface area contributed by atoms with Gasteiger partial charge in [-0.1, -0.05) is 6.92 Å². The monoisotopic (exact) mass is 225 g/mol. The summed E-state index contributed by atoms with van der Waals surface area (Å²) in [6.07, 6.45) is 4.61. The molecule has 3 atom stereocenters. The van der Waals surface area contributed by atoms with Crippen LogP contribution in [-0.4, -0.2) is 43.5 Å². The average molecular weight is 225 g/mol. The molecule has 0 aliphatic carbocycles. The van der Waals surface area contributed by atoms with Gasteiger partial charge in [-0.15, -0.1) is 0 Å².